The van der Waals surface area contributed by atoms with Crippen LogP contribution in [0.4, 0.5) is 11.9 Å². The van der Waals surface area contributed by atoms with Crippen molar-refractivity contribution in [2.24, 2.45) is 0 Å². The molecule has 0 aliphatic carbocycles. The second-order valence-electron chi connectivity index (χ2n) is 4.55. The van der Waals surface area contributed by atoms with Gasteiger partial charge in [-0.25, -0.2) is 0 Å². The highest BCUT2D eigenvalue weighted by molar-refractivity contribution is 5.38. The van der Waals surface area contributed by atoms with E-state index in [4.69, 9.17) is 5.11 Å². The normalized spacial score (nSPS) is 12.3. The molecule has 1 rings (SSSR count). The summed E-state index contributed by atoms with van der Waals surface area (Å²) >= 11 is 0. The van der Waals surface area contributed by atoms with Crippen molar-refractivity contribution >= 4 is 11.9 Å². The number of nitrogens with zero attached hydrogens (tertiary/aromatic N) is 5. The van der Waals surface area contributed by atoms with Gasteiger partial charge in [-0.2, -0.15) is 15.0 Å². The van der Waals surface area contributed by atoms with Gasteiger partial charge in [0.05, 0.1) is 6.61 Å². The van der Waals surface area contributed by atoms with Crippen LogP contribution in [0.25, 0.3) is 0 Å². The molecular formula is C12H23N5O. The van der Waals surface area contributed by atoms with Gasteiger partial charge in [-0.1, -0.05) is 6.92 Å². The second kappa shape index (κ2) is 6.49. The van der Waals surface area contributed by atoms with Gasteiger partial charge in [-0.05, 0) is 20.3 Å². The Morgan fingerprint density at radius 3 is 2.28 bits per heavy atom. The van der Waals surface area contributed by atoms with Crippen molar-refractivity contribution in [1.82, 2.24) is 15.0 Å². The van der Waals surface area contributed by atoms with Crippen molar-refractivity contribution in [3.05, 3.63) is 5.82 Å². The lowest BCUT2D eigenvalue weighted by atomic mass is 10.2. The molecule has 1 aromatic heterocycles. The van der Waals surface area contributed by atoms with E-state index in [9.17, 15) is 0 Å². The Morgan fingerprint density at radius 2 is 1.78 bits per heavy atom. The van der Waals surface area contributed by atoms with Gasteiger partial charge in [0.25, 0.3) is 0 Å². The fourth-order valence-electron chi connectivity index (χ4n) is 1.63. The van der Waals surface area contributed by atoms with Crippen LogP contribution in [-0.4, -0.2) is 53.3 Å². The van der Waals surface area contributed by atoms with Gasteiger partial charge < -0.3 is 14.9 Å². The maximum Gasteiger partial charge on any atom is 0.230 e. The summed E-state index contributed by atoms with van der Waals surface area (Å²) in [7, 11) is 3.80. The zero-order valence-corrected chi connectivity index (χ0v) is 11.9. The summed E-state index contributed by atoms with van der Waals surface area (Å²) in [5, 5.41) is 9.17. The number of anilines is 2. The number of hydrogen-bond acceptors (Lipinski definition) is 6. The van der Waals surface area contributed by atoms with Crippen LogP contribution in [0.15, 0.2) is 0 Å². The molecule has 0 spiro atoms. The minimum absolute atomic E-state index is 0.0897. The van der Waals surface area contributed by atoms with Crippen LogP contribution in [0.3, 0.4) is 0 Å². The third-order valence-corrected chi connectivity index (χ3v) is 2.84. The minimum atomic E-state index is 0.0897. The third-order valence-electron chi connectivity index (χ3n) is 2.84. The molecule has 0 aliphatic heterocycles. The maximum atomic E-state index is 9.17. The Bertz CT molecular complexity index is 383. The Hall–Kier alpha value is -1.43. The zero-order valence-electron chi connectivity index (χ0n) is 11.9. The molecule has 102 valence electrons. The quantitative estimate of drug-likeness (QED) is 0.810. The van der Waals surface area contributed by atoms with E-state index in [-0.39, 0.29) is 12.6 Å². The molecule has 1 unspecified atom stereocenters. The lowest BCUT2D eigenvalue weighted by Crippen LogP contribution is -2.37. The molecule has 1 heterocycles. The van der Waals surface area contributed by atoms with Gasteiger partial charge in [0, 0.05) is 26.7 Å². The summed E-state index contributed by atoms with van der Waals surface area (Å²) in [5.41, 5.74) is 0. The molecule has 0 amide bonds. The number of aliphatic hydroxyl groups excluding tert-OH is 1. The van der Waals surface area contributed by atoms with Crippen LogP contribution in [0.2, 0.25) is 0 Å². The number of aromatic nitrogens is 3. The maximum absolute atomic E-state index is 9.17. The van der Waals surface area contributed by atoms with Crippen molar-refractivity contribution < 1.29 is 5.11 Å². The highest BCUT2D eigenvalue weighted by Crippen LogP contribution is 2.16. The molecule has 6 heteroatoms. The molecule has 0 saturated heterocycles. The van der Waals surface area contributed by atoms with Crippen molar-refractivity contribution in [1.29, 1.82) is 0 Å². The molecule has 0 saturated carbocycles. The Labute approximate surface area is 109 Å². The second-order valence-corrected chi connectivity index (χ2v) is 4.55. The standard InChI is InChI=1S/C12H23N5O/c1-6-9(2)17(7-8-18)12-14-10(3)13-11(15-12)16(4)5/h9,18H,6-8H2,1-5H3. The lowest BCUT2D eigenvalue weighted by Gasteiger charge is -2.28. The summed E-state index contributed by atoms with van der Waals surface area (Å²) in [6, 6.07) is 0.286. The molecule has 0 fully saturated rings. The number of hydrogen-bond donors (Lipinski definition) is 1. The van der Waals surface area contributed by atoms with Gasteiger partial charge in [-0.3, -0.25) is 0 Å². The molecular weight excluding hydrogens is 230 g/mol. The van der Waals surface area contributed by atoms with Crippen LogP contribution >= 0.6 is 0 Å². The van der Waals surface area contributed by atoms with E-state index in [0.717, 1.165) is 6.42 Å². The van der Waals surface area contributed by atoms with E-state index in [2.05, 4.69) is 28.8 Å². The Morgan fingerprint density at radius 1 is 1.17 bits per heavy atom. The SMILES string of the molecule is CCC(C)N(CCO)c1nc(C)nc(N(C)C)n1. The molecule has 1 aromatic rings. The fraction of sp³-hybridized carbons (Fsp3) is 0.750. The molecule has 1 N–H and O–H groups in total. The van der Waals surface area contributed by atoms with E-state index in [0.29, 0.717) is 24.3 Å². The minimum Gasteiger partial charge on any atom is -0.395 e. The summed E-state index contributed by atoms with van der Waals surface area (Å²) in [5.74, 6) is 1.97. The summed E-state index contributed by atoms with van der Waals surface area (Å²) in [6.45, 7) is 6.68. The van der Waals surface area contributed by atoms with Gasteiger partial charge >= 0.3 is 0 Å². The topological polar surface area (TPSA) is 65.4 Å². The molecule has 18 heavy (non-hydrogen) atoms. The average molecular weight is 253 g/mol. The molecule has 6 nitrogen and oxygen atoms in total. The van der Waals surface area contributed by atoms with E-state index < -0.39 is 0 Å². The monoisotopic (exact) mass is 253 g/mol. The highest BCUT2D eigenvalue weighted by atomic mass is 16.3. The first-order chi connectivity index (χ1) is 8.49. The first kappa shape index (κ1) is 14.6. The fourth-order valence-corrected chi connectivity index (χ4v) is 1.63. The molecule has 0 radical (unpaired) electrons. The van der Waals surface area contributed by atoms with Gasteiger partial charge in [0.1, 0.15) is 5.82 Å². The number of aryl methyl sites for hydroxylation is 1. The lowest BCUT2D eigenvalue weighted by molar-refractivity contribution is 0.296. The largest absolute Gasteiger partial charge is 0.395 e. The van der Waals surface area contributed by atoms with Gasteiger partial charge in [0.2, 0.25) is 11.9 Å². The van der Waals surface area contributed by atoms with E-state index in [1.165, 1.54) is 0 Å². The van der Waals surface area contributed by atoms with Crippen molar-refractivity contribution in [3.8, 4) is 0 Å². The van der Waals surface area contributed by atoms with Crippen LogP contribution in [0.1, 0.15) is 26.1 Å². The van der Waals surface area contributed by atoms with E-state index in [1.54, 1.807) is 0 Å². The molecule has 0 bridgehead atoms. The highest BCUT2D eigenvalue weighted by Gasteiger charge is 2.17. The van der Waals surface area contributed by atoms with Crippen LogP contribution in [0, 0.1) is 6.92 Å². The zero-order chi connectivity index (χ0) is 13.7. The predicted octanol–water partition coefficient (Wildman–Crippen LogP) is 0.843. The summed E-state index contributed by atoms with van der Waals surface area (Å²) < 4.78 is 0. The molecule has 0 aromatic carbocycles. The number of rotatable bonds is 6. The van der Waals surface area contributed by atoms with Crippen molar-refractivity contribution in [3.63, 3.8) is 0 Å². The van der Waals surface area contributed by atoms with Crippen molar-refractivity contribution in [2.45, 2.75) is 33.2 Å². The van der Waals surface area contributed by atoms with Gasteiger partial charge in [-0.15, -0.1) is 0 Å². The van der Waals surface area contributed by atoms with E-state index in [1.807, 2.05) is 30.8 Å². The predicted molar refractivity (Wildman–Crippen MR) is 73.1 cm³/mol. The Balaban J connectivity index is 3.10. The van der Waals surface area contributed by atoms with Crippen LogP contribution in [0.5, 0.6) is 0 Å². The smallest absolute Gasteiger partial charge is 0.230 e. The Kier molecular flexibility index (Phi) is 5.27. The average Bonchev–Trinajstić information content (AvgIpc) is 2.34. The first-order valence-electron chi connectivity index (χ1n) is 6.27. The first-order valence-corrected chi connectivity index (χ1v) is 6.27. The summed E-state index contributed by atoms with van der Waals surface area (Å²) in [4.78, 5) is 17.0. The van der Waals surface area contributed by atoms with E-state index >= 15 is 0 Å². The van der Waals surface area contributed by atoms with Gasteiger partial charge in [0.15, 0.2) is 0 Å². The number of aliphatic hydroxyl groups is 1. The van der Waals surface area contributed by atoms with Crippen LogP contribution < -0.4 is 9.80 Å². The molecule has 1 atom stereocenters. The summed E-state index contributed by atoms with van der Waals surface area (Å²) in [6.07, 6.45) is 0.974. The molecule has 0 aliphatic rings. The third kappa shape index (κ3) is 3.53. The van der Waals surface area contributed by atoms with Crippen molar-refractivity contribution in [2.75, 3.05) is 37.0 Å². The van der Waals surface area contributed by atoms with Crippen LogP contribution in [-0.2, 0) is 0 Å².